The Morgan fingerprint density at radius 3 is 1.02 bits per heavy atom. The molecule has 0 fully saturated rings. The van der Waals surface area contributed by atoms with Crippen LogP contribution in [0.1, 0.15) is 183 Å². The van der Waals surface area contributed by atoms with Gasteiger partial charge in [0.15, 0.2) is 0 Å². The van der Waals surface area contributed by atoms with E-state index < -0.39 is 9.49 Å². The second-order valence-corrected chi connectivity index (χ2v) is 21.6. The summed E-state index contributed by atoms with van der Waals surface area (Å²) in [7, 11) is 0. The Morgan fingerprint density at radius 1 is 0.458 bits per heavy atom. The summed E-state index contributed by atoms with van der Waals surface area (Å²) in [5, 5.41) is 0. The zero-order valence-electron chi connectivity index (χ0n) is 31.5. The zero-order chi connectivity index (χ0) is 35.9. The fraction of sp³-hybridized carbons (Fsp3) is 0.895. The Balaban J connectivity index is 3.92. The Hall–Kier alpha value is 0.520. The van der Waals surface area contributed by atoms with Crippen molar-refractivity contribution in [1.29, 1.82) is 0 Å². The molecule has 0 aromatic rings. The van der Waals surface area contributed by atoms with E-state index >= 15 is 0 Å². The van der Waals surface area contributed by atoms with Crippen LogP contribution in [0.5, 0.6) is 0 Å². The van der Waals surface area contributed by atoms with Gasteiger partial charge in [-0.3, -0.25) is 9.59 Å². The number of hydrogen-bond acceptors (Lipinski definition) is 10. The Labute approximate surface area is 324 Å². The molecule has 0 amide bonds. The van der Waals surface area contributed by atoms with Gasteiger partial charge in [-0.05, 0) is 64.9 Å². The van der Waals surface area contributed by atoms with Crippen LogP contribution in [0.25, 0.3) is 0 Å². The van der Waals surface area contributed by atoms with Crippen LogP contribution in [-0.4, -0.2) is 53.2 Å². The van der Waals surface area contributed by atoms with Gasteiger partial charge in [0.1, 0.15) is 16.6 Å². The van der Waals surface area contributed by atoms with Crippen LogP contribution < -0.4 is 0 Å². The number of unbranched alkanes of at least 4 members (excludes halogenated alkanes) is 19. The van der Waals surface area contributed by atoms with E-state index in [4.69, 9.17) is 33.9 Å². The molecule has 0 spiro atoms. The van der Waals surface area contributed by atoms with Crippen LogP contribution in [0.15, 0.2) is 0 Å². The quantitative estimate of drug-likeness (QED) is 0.0386. The van der Waals surface area contributed by atoms with Gasteiger partial charge in [0.05, 0.1) is 13.2 Å². The van der Waals surface area contributed by atoms with E-state index in [1.165, 1.54) is 139 Å². The van der Waals surface area contributed by atoms with Crippen molar-refractivity contribution in [3.05, 3.63) is 0 Å². The first-order valence-electron chi connectivity index (χ1n) is 19.0. The molecule has 0 aliphatic carbocycles. The fourth-order valence-electron chi connectivity index (χ4n) is 4.93. The van der Waals surface area contributed by atoms with Gasteiger partial charge < -0.3 is 9.47 Å². The molecule has 0 bridgehead atoms. The van der Waals surface area contributed by atoms with Crippen molar-refractivity contribution in [2.45, 2.75) is 192 Å². The molecule has 282 valence electrons. The lowest BCUT2D eigenvalue weighted by molar-refractivity contribution is -0.148. The molecule has 0 rings (SSSR count). The highest BCUT2D eigenvalue weighted by Gasteiger charge is 2.33. The largest absolute Gasteiger partial charge is 0.465 e. The first-order chi connectivity index (χ1) is 23.0. The maximum absolute atomic E-state index is 12.7. The predicted octanol–water partition coefficient (Wildman–Crippen LogP) is 13.8. The molecule has 0 aliphatic rings. The number of carbonyl (C=O) groups excluding carboxylic acids is 2. The normalized spacial score (nSPS) is 11.9. The molecule has 0 saturated carbocycles. The predicted molar refractivity (Wildman–Crippen MR) is 228 cm³/mol. The molecular weight excluding hydrogens is 713 g/mol. The van der Waals surface area contributed by atoms with Crippen LogP contribution in [0, 0.1) is 0 Å². The summed E-state index contributed by atoms with van der Waals surface area (Å²) in [5.41, 5.74) is 0. The van der Waals surface area contributed by atoms with E-state index in [0.717, 1.165) is 31.4 Å². The maximum Gasteiger partial charge on any atom is 0.322 e. The number of thioether (sulfide) groups is 4. The molecule has 0 aliphatic heterocycles. The van der Waals surface area contributed by atoms with Crippen molar-refractivity contribution >= 4 is 90.5 Å². The van der Waals surface area contributed by atoms with E-state index in [0.29, 0.717) is 26.1 Å². The molecule has 4 nitrogen and oxygen atoms in total. The van der Waals surface area contributed by atoms with Crippen LogP contribution >= 0.6 is 71.5 Å². The van der Waals surface area contributed by atoms with Crippen LogP contribution in [0.2, 0.25) is 0 Å². The molecule has 0 heterocycles. The van der Waals surface area contributed by atoms with Gasteiger partial charge in [-0.15, -0.1) is 23.5 Å². The number of rotatable bonds is 31. The highest BCUT2D eigenvalue weighted by atomic mass is 32.2. The molecule has 0 radical (unpaired) electrons. The lowest BCUT2D eigenvalue weighted by Crippen LogP contribution is -2.32. The van der Waals surface area contributed by atoms with Gasteiger partial charge in [0, 0.05) is 0 Å². The van der Waals surface area contributed by atoms with E-state index in [9.17, 15) is 9.59 Å². The third-order valence-corrected chi connectivity index (χ3v) is 13.7. The minimum atomic E-state index is -0.723. The summed E-state index contributed by atoms with van der Waals surface area (Å²) in [6, 6.07) is 0. The fourth-order valence-corrected chi connectivity index (χ4v) is 11.0. The molecule has 0 aromatic heterocycles. The van der Waals surface area contributed by atoms with Crippen molar-refractivity contribution < 1.29 is 19.1 Å². The van der Waals surface area contributed by atoms with E-state index in [1.807, 2.05) is 27.7 Å². The summed E-state index contributed by atoms with van der Waals surface area (Å²) >= 11 is 17.3. The molecule has 0 saturated heterocycles. The summed E-state index contributed by atoms with van der Waals surface area (Å²) in [6.45, 7) is 12.6. The zero-order valence-corrected chi connectivity index (χ0v) is 36.4. The molecule has 0 atom stereocenters. The number of esters is 2. The monoisotopic (exact) mass is 782 g/mol. The van der Waals surface area contributed by atoms with Crippen molar-refractivity contribution in [2.24, 2.45) is 0 Å². The molecule has 0 unspecified atom stereocenters. The van der Waals surface area contributed by atoms with Gasteiger partial charge in [0.25, 0.3) is 0 Å². The average Bonchev–Trinajstić information content (AvgIpc) is 3.03. The summed E-state index contributed by atoms with van der Waals surface area (Å²) in [6.07, 6.45) is 27.7. The van der Waals surface area contributed by atoms with Gasteiger partial charge in [-0.1, -0.05) is 177 Å². The van der Waals surface area contributed by atoms with Crippen LogP contribution in [0.3, 0.4) is 0 Å². The highest BCUT2D eigenvalue weighted by molar-refractivity contribution is 8.48. The summed E-state index contributed by atoms with van der Waals surface area (Å²) in [5.74, 6) is 1.50. The minimum Gasteiger partial charge on any atom is -0.465 e. The second-order valence-electron chi connectivity index (χ2n) is 13.8. The number of ether oxygens (including phenoxy) is 2. The average molecular weight is 783 g/mol. The van der Waals surface area contributed by atoms with Crippen molar-refractivity contribution in [3.8, 4) is 0 Å². The second kappa shape index (κ2) is 32.2. The SMILES string of the molecule is CCCCCCCCCCCCSC(=S)SC(C)(C)C(=O)OCCCCOC(=O)C(C)(C)SC(=S)SCCCCCCCCCCCC. The van der Waals surface area contributed by atoms with E-state index in [2.05, 4.69) is 13.8 Å². The molecule has 0 aromatic carbocycles. The maximum atomic E-state index is 12.7. The van der Waals surface area contributed by atoms with Gasteiger partial charge in [0.2, 0.25) is 0 Å². The highest BCUT2D eigenvalue weighted by Crippen LogP contribution is 2.34. The molecular formula is C38H70O4S6. The van der Waals surface area contributed by atoms with Crippen molar-refractivity contribution in [3.63, 3.8) is 0 Å². The third-order valence-electron chi connectivity index (χ3n) is 8.10. The van der Waals surface area contributed by atoms with Crippen LogP contribution in [-0.2, 0) is 19.1 Å². The Bertz CT molecular complexity index is 781. The van der Waals surface area contributed by atoms with Gasteiger partial charge >= 0.3 is 11.9 Å². The van der Waals surface area contributed by atoms with Crippen molar-refractivity contribution in [1.82, 2.24) is 0 Å². The van der Waals surface area contributed by atoms with Gasteiger partial charge in [-0.2, -0.15) is 0 Å². The minimum absolute atomic E-state index is 0.257. The van der Waals surface area contributed by atoms with E-state index in [1.54, 1.807) is 23.5 Å². The standard InChI is InChI=1S/C38H70O4S6/c1-7-9-11-13-15-17-19-21-23-27-31-45-35(43)47-37(3,4)33(39)41-29-25-26-30-42-34(40)38(5,6)48-36(44)46-32-28-24-22-20-18-16-14-12-10-8-2/h7-32H2,1-6H3. The Kier molecular flexibility index (Phi) is 32.5. The number of thiocarbonyl (C=S) groups is 2. The van der Waals surface area contributed by atoms with Crippen molar-refractivity contribution in [2.75, 3.05) is 24.7 Å². The Morgan fingerprint density at radius 2 is 0.729 bits per heavy atom. The molecule has 0 N–H and O–H groups in total. The summed E-state index contributed by atoms with van der Waals surface area (Å²) < 4.78 is 11.2. The molecule has 10 heteroatoms. The first kappa shape index (κ1) is 48.5. The molecule has 48 heavy (non-hydrogen) atoms. The van der Waals surface area contributed by atoms with Crippen LogP contribution in [0.4, 0.5) is 0 Å². The first-order valence-corrected chi connectivity index (χ1v) is 23.4. The van der Waals surface area contributed by atoms with E-state index in [-0.39, 0.29) is 11.9 Å². The smallest absolute Gasteiger partial charge is 0.322 e. The lowest BCUT2D eigenvalue weighted by Gasteiger charge is -2.22. The number of carbonyl (C=O) groups is 2. The summed E-state index contributed by atoms with van der Waals surface area (Å²) in [4.78, 5) is 25.4. The topological polar surface area (TPSA) is 52.6 Å². The number of hydrogen-bond donors (Lipinski definition) is 0. The lowest BCUT2D eigenvalue weighted by atomic mass is 10.1. The third kappa shape index (κ3) is 29.1. The van der Waals surface area contributed by atoms with Gasteiger partial charge in [-0.25, -0.2) is 0 Å².